The largest absolute Gasteiger partial charge is 0.478 e. The number of carbonyl (C=O) groups is 1. The molecule has 0 aliphatic heterocycles. The maximum atomic E-state index is 13.4. The van der Waals surface area contributed by atoms with Crippen LogP contribution < -0.4 is 4.72 Å². The first-order valence-corrected chi connectivity index (χ1v) is 7.45. The molecule has 0 amide bonds. The summed E-state index contributed by atoms with van der Waals surface area (Å²) in [5.41, 5.74) is -0.745. The van der Waals surface area contributed by atoms with Gasteiger partial charge in [-0.3, -0.25) is 4.72 Å². The zero-order valence-electron chi connectivity index (χ0n) is 9.63. The molecule has 106 valence electrons. The van der Waals surface area contributed by atoms with Crippen molar-refractivity contribution in [1.82, 2.24) is 0 Å². The molecule has 0 fully saturated rings. The lowest BCUT2D eigenvalue weighted by Gasteiger charge is -2.07. The summed E-state index contributed by atoms with van der Waals surface area (Å²) in [6, 6.07) is 3.26. The molecule has 2 rings (SSSR count). The number of rotatable bonds is 4. The van der Waals surface area contributed by atoms with Crippen molar-refractivity contribution >= 4 is 33.0 Å². The second-order valence-electron chi connectivity index (χ2n) is 3.69. The van der Waals surface area contributed by atoms with Crippen molar-refractivity contribution in [2.45, 2.75) is 4.21 Å². The van der Waals surface area contributed by atoms with E-state index >= 15 is 0 Å². The van der Waals surface area contributed by atoms with Gasteiger partial charge >= 0.3 is 5.97 Å². The molecule has 0 spiro atoms. The molecule has 0 bridgehead atoms. The Balaban J connectivity index is 2.35. The zero-order valence-corrected chi connectivity index (χ0v) is 11.3. The quantitative estimate of drug-likeness (QED) is 0.907. The molecule has 1 aromatic carbocycles. The average Bonchev–Trinajstić information content (AvgIpc) is 2.84. The highest BCUT2D eigenvalue weighted by molar-refractivity contribution is 7.94. The minimum absolute atomic E-state index is 0.199. The summed E-state index contributed by atoms with van der Waals surface area (Å²) in [4.78, 5) is 10.7. The predicted molar refractivity (Wildman–Crippen MR) is 68.4 cm³/mol. The second kappa shape index (κ2) is 5.17. The number of anilines is 1. The predicted octanol–water partition coefficient (Wildman–Crippen LogP) is 2.53. The van der Waals surface area contributed by atoms with Gasteiger partial charge in [-0.2, -0.15) is 0 Å². The molecule has 0 radical (unpaired) electrons. The molecule has 0 unspecified atom stereocenters. The van der Waals surface area contributed by atoms with Gasteiger partial charge in [-0.25, -0.2) is 22.0 Å². The Bertz CT molecular complexity index is 770. The van der Waals surface area contributed by atoms with E-state index in [1.165, 1.54) is 0 Å². The number of sulfonamides is 1. The van der Waals surface area contributed by atoms with Crippen LogP contribution in [0.5, 0.6) is 0 Å². The van der Waals surface area contributed by atoms with E-state index in [0.29, 0.717) is 17.4 Å². The monoisotopic (exact) mass is 319 g/mol. The van der Waals surface area contributed by atoms with E-state index in [2.05, 4.69) is 0 Å². The van der Waals surface area contributed by atoms with Crippen LogP contribution in [0.1, 0.15) is 10.4 Å². The van der Waals surface area contributed by atoms with Crippen LogP contribution in [0.15, 0.2) is 33.9 Å². The number of carboxylic acids is 1. The van der Waals surface area contributed by atoms with Gasteiger partial charge in [0.15, 0.2) is 0 Å². The molecule has 2 N–H and O–H groups in total. The van der Waals surface area contributed by atoms with Crippen molar-refractivity contribution in [3.63, 3.8) is 0 Å². The molecular weight excluding hydrogens is 312 g/mol. The van der Waals surface area contributed by atoms with Crippen LogP contribution in [-0.4, -0.2) is 19.5 Å². The standard InChI is InChI=1S/C11H7F2NO4S2/c12-7-1-2-8(13)9(4-7)14-20(17,18)10-3-6(5-19-10)11(15)16/h1-5,14H,(H,15,16). The van der Waals surface area contributed by atoms with Gasteiger partial charge in [-0.15, -0.1) is 11.3 Å². The Kier molecular flexibility index (Phi) is 3.73. The zero-order chi connectivity index (χ0) is 14.9. The molecule has 0 saturated carbocycles. The number of hydrogen-bond donors (Lipinski definition) is 2. The van der Waals surface area contributed by atoms with Crippen molar-refractivity contribution in [2.75, 3.05) is 4.72 Å². The van der Waals surface area contributed by atoms with Gasteiger partial charge in [0, 0.05) is 11.4 Å². The molecule has 0 saturated heterocycles. The Morgan fingerprint density at radius 3 is 2.55 bits per heavy atom. The Morgan fingerprint density at radius 1 is 1.25 bits per heavy atom. The molecule has 9 heteroatoms. The summed E-state index contributed by atoms with van der Waals surface area (Å²) in [5, 5.41) is 9.85. The number of hydrogen-bond acceptors (Lipinski definition) is 4. The Labute approximate surface area is 116 Å². The smallest absolute Gasteiger partial charge is 0.336 e. The van der Waals surface area contributed by atoms with Crippen molar-refractivity contribution in [3.05, 3.63) is 46.8 Å². The van der Waals surface area contributed by atoms with Gasteiger partial charge in [0.2, 0.25) is 0 Å². The topological polar surface area (TPSA) is 83.5 Å². The van der Waals surface area contributed by atoms with Crippen LogP contribution in [0.2, 0.25) is 0 Å². The Morgan fingerprint density at radius 2 is 1.95 bits per heavy atom. The first-order chi connectivity index (χ1) is 9.29. The van der Waals surface area contributed by atoms with Gasteiger partial charge in [-0.05, 0) is 18.2 Å². The molecule has 1 aromatic heterocycles. The van der Waals surface area contributed by atoms with Crippen molar-refractivity contribution in [1.29, 1.82) is 0 Å². The molecule has 0 aliphatic rings. The van der Waals surface area contributed by atoms with Crippen molar-refractivity contribution in [2.24, 2.45) is 0 Å². The van der Waals surface area contributed by atoms with Crippen LogP contribution in [0.3, 0.4) is 0 Å². The number of nitrogens with one attached hydrogen (secondary N) is 1. The third-order valence-corrected chi connectivity index (χ3v) is 5.07. The van der Waals surface area contributed by atoms with E-state index in [9.17, 15) is 22.0 Å². The molecule has 0 atom stereocenters. The minimum Gasteiger partial charge on any atom is -0.478 e. The van der Waals surface area contributed by atoms with E-state index < -0.39 is 33.3 Å². The summed E-state index contributed by atoms with van der Waals surface area (Å²) in [6.07, 6.45) is 0. The number of thiophene rings is 1. The van der Waals surface area contributed by atoms with E-state index in [0.717, 1.165) is 23.6 Å². The molecule has 5 nitrogen and oxygen atoms in total. The third kappa shape index (κ3) is 2.94. The van der Waals surface area contributed by atoms with Crippen LogP contribution in [0.4, 0.5) is 14.5 Å². The number of carboxylic acid groups (broad SMARTS) is 1. The van der Waals surface area contributed by atoms with Gasteiger partial charge < -0.3 is 5.11 Å². The molecule has 20 heavy (non-hydrogen) atoms. The van der Waals surface area contributed by atoms with Gasteiger partial charge in [0.05, 0.1) is 11.3 Å². The number of halogens is 2. The summed E-state index contributed by atoms with van der Waals surface area (Å²) in [6.45, 7) is 0. The SMILES string of the molecule is O=C(O)c1csc(S(=O)(=O)Nc2cc(F)ccc2F)c1. The Hall–Kier alpha value is -2.00. The first kappa shape index (κ1) is 14.4. The second-order valence-corrected chi connectivity index (χ2v) is 6.51. The highest BCUT2D eigenvalue weighted by Crippen LogP contribution is 2.24. The summed E-state index contributed by atoms with van der Waals surface area (Å²) >= 11 is 0.667. The highest BCUT2D eigenvalue weighted by Gasteiger charge is 2.20. The highest BCUT2D eigenvalue weighted by atomic mass is 32.2. The lowest BCUT2D eigenvalue weighted by atomic mass is 10.3. The summed E-state index contributed by atoms with van der Waals surface area (Å²) in [5.74, 6) is -3.02. The maximum Gasteiger partial charge on any atom is 0.336 e. The summed E-state index contributed by atoms with van der Waals surface area (Å²) in [7, 11) is -4.17. The molecule has 1 heterocycles. The van der Waals surface area contributed by atoms with Crippen LogP contribution in [-0.2, 0) is 10.0 Å². The number of aromatic carboxylic acids is 1. The normalized spacial score (nSPS) is 11.3. The molecule has 0 aliphatic carbocycles. The van der Waals surface area contributed by atoms with Crippen molar-refractivity contribution in [3.8, 4) is 0 Å². The first-order valence-electron chi connectivity index (χ1n) is 5.09. The van der Waals surface area contributed by atoms with Gasteiger partial charge in [0.25, 0.3) is 10.0 Å². The molecule has 2 aromatic rings. The van der Waals surface area contributed by atoms with Crippen LogP contribution in [0, 0.1) is 11.6 Å². The molecular formula is C11H7F2NO4S2. The van der Waals surface area contributed by atoms with E-state index in [1.54, 1.807) is 0 Å². The minimum atomic E-state index is -4.17. The average molecular weight is 319 g/mol. The van der Waals surface area contributed by atoms with Crippen LogP contribution >= 0.6 is 11.3 Å². The fraction of sp³-hybridized carbons (Fsp3) is 0. The van der Waals surface area contributed by atoms with E-state index in [4.69, 9.17) is 5.11 Å². The number of benzene rings is 1. The van der Waals surface area contributed by atoms with Crippen molar-refractivity contribution < 1.29 is 27.1 Å². The fourth-order valence-corrected chi connectivity index (χ4v) is 3.55. The summed E-state index contributed by atoms with van der Waals surface area (Å²) < 4.78 is 51.7. The maximum absolute atomic E-state index is 13.4. The third-order valence-electron chi connectivity index (χ3n) is 2.26. The van der Waals surface area contributed by atoms with Gasteiger partial charge in [0.1, 0.15) is 15.8 Å². The lowest BCUT2D eigenvalue weighted by Crippen LogP contribution is -2.13. The van der Waals surface area contributed by atoms with Gasteiger partial charge in [-0.1, -0.05) is 0 Å². The van der Waals surface area contributed by atoms with Crippen LogP contribution in [0.25, 0.3) is 0 Å². The van der Waals surface area contributed by atoms with E-state index in [-0.39, 0.29) is 9.77 Å². The van der Waals surface area contributed by atoms with E-state index in [1.807, 2.05) is 4.72 Å². The fourth-order valence-electron chi connectivity index (χ4n) is 1.34. The lowest BCUT2D eigenvalue weighted by molar-refractivity contribution is 0.0697.